The highest BCUT2D eigenvalue weighted by atomic mass is 32.2. The van der Waals surface area contributed by atoms with E-state index < -0.39 is 10.0 Å². The Balaban J connectivity index is 2.32. The summed E-state index contributed by atoms with van der Waals surface area (Å²) >= 11 is 0. The number of sulfonamides is 1. The quantitative estimate of drug-likeness (QED) is 0.797. The van der Waals surface area contributed by atoms with Crippen LogP contribution in [0.2, 0.25) is 0 Å². The molecule has 0 saturated carbocycles. The number of aromatic nitrogens is 3. The Labute approximate surface area is 96.6 Å². The van der Waals surface area contributed by atoms with Crippen molar-refractivity contribution in [3.63, 3.8) is 0 Å². The van der Waals surface area contributed by atoms with Crippen molar-refractivity contribution in [2.75, 3.05) is 4.72 Å². The molecule has 17 heavy (non-hydrogen) atoms. The third kappa shape index (κ3) is 2.67. The molecule has 0 bridgehead atoms. The minimum Gasteiger partial charge on any atom is -0.328 e. The molecule has 0 atom stereocenters. The average molecular weight is 252 g/mol. The second-order valence-corrected chi connectivity index (χ2v) is 4.77. The molecule has 0 radical (unpaired) electrons. The summed E-state index contributed by atoms with van der Waals surface area (Å²) < 4.78 is 25.9. The fraction of sp³-hybridized carbons (Fsp3) is 0. The molecule has 0 aliphatic rings. The molecule has 0 aromatic carbocycles. The lowest BCUT2D eigenvalue weighted by atomic mass is 10.5. The number of aromatic amines is 1. The molecule has 7 nitrogen and oxygen atoms in total. The molecule has 88 valence electrons. The van der Waals surface area contributed by atoms with E-state index >= 15 is 0 Å². The summed E-state index contributed by atoms with van der Waals surface area (Å²) in [6.45, 7) is 0. The van der Waals surface area contributed by atoms with Gasteiger partial charge < -0.3 is 4.98 Å². The summed E-state index contributed by atoms with van der Waals surface area (Å²) in [5, 5.41) is 0. The van der Waals surface area contributed by atoms with E-state index in [9.17, 15) is 13.2 Å². The monoisotopic (exact) mass is 252 g/mol. The van der Waals surface area contributed by atoms with Crippen molar-refractivity contribution >= 4 is 15.8 Å². The molecule has 0 amide bonds. The molecular formula is C9H8N4O3S. The maximum Gasteiger partial charge on any atom is 0.264 e. The highest BCUT2D eigenvalue weighted by Crippen LogP contribution is 2.10. The van der Waals surface area contributed by atoms with Crippen molar-refractivity contribution in [1.82, 2.24) is 15.0 Å². The van der Waals surface area contributed by atoms with Crippen molar-refractivity contribution in [1.29, 1.82) is 0 Å². The van der Waals surface area contributed by atoms with E-state index in [0.29, 0.717) is 0 Å². The molecule has 0 aliphatic heterocycles. The van der Waals surface area contributed by atoms with Crippen LogP contribution in [0.5, 0.6) is 0 Å². The van der Waals surface area contributed by atoms with Crippen LogP contribution in [0.25, 0.3) is 0 Å². The first-order valence-electron chi connectivity index (χ1n) is 4.55. The van der Waals surface area contributed by atoms with Crippen LogP contribution in [0.1, 0.15) is 0 Å². The molecule has 8 heteroatoms. The maximum atomic E-state index is 11.8. The maximum absolute atomic E-state index is 11.8. The predicted octanol–water partition coefficient (Wildman–Crippen LogP) is -0.0343. The summed E-state index contributed by atoms with van der Waals surface area (Å²) in [5.74, 6) is 0.159. The Hall–Kier alpha value is -2.22. The third-order valence-electron chi connectivity index (χ3n) is 1.89. The molecule has 0 aliphatic carbocycles. The van der Waals surface area contributed by atoms with E-state index in [1.165, 1.54) is 24.7 Å². The van der Waals surface area contributed by atoms with E-state index in [-0.39, 0.29) is 16.3 Å². The van der Waals surface area contributed by atoms with Crippen LogP contribution >= 0.6 is 0 Å². The van der Waals surface area contributed by atoms with Gasteiger partial charge in [0.2, 0.25) is 5.56 Å². The zero-order chi connectivity index (χ0) is 12.3. The first-order chi connectivity index (χ1) is 8.08. The Morgan fingerprint density at radius 3 is 2.65 bits per heavy atom. The Bertz CT molecular complexity index is 646. The molecule has 2 heterocycles. The standard InChI is InChI=1S/C9H8N4O3S/c14-9-2-1-7(5-11-9)17(15,16)13-8-3-4-10-6-12-8/h1-6H,(H,11,14)(H,10,12,13). The minimum absolute atomic E-state index is 0.0456. The van der Waals surface area contributed by atoms with Gasteiger partial charge in [-0.1, -0.05) is 0 Å². The van der Waals surface area contributed by atoms with Gasteiger partial charge in [0.05, 0.1) is 0 Å². The van der Waals surface area contributed by atoms with Crippen molar-refractivity contribution in [3.8, 4) is 0 Å². The first kappa shape index (κ1) is 11.3. The Kier molecular flexibility index (Phi) is 2.88. The van der Waals surface area contributed by atoms with E-state index in [1.807, 2.05) is 0 Å². The van der Waals surface area contributed by atoms with Crippen molar-refractivity contribution < 1.29 is 8.42 Å². The lowest BCUT2D eigenvalue weighted by Gasteiger charge is -2.05. The van der Waals surface area contributed by atoms with Gasteiger partial charge in [0.25, 0.3) is 10.0 Å². The van der Waals surface area contributed by atoms with E-state index in [4.69, 9.17) is 0 Å². The molecule has 2 aromatic heterocycles. The van der Waals surface area contributed by atoms with Crippen LogP contribution in [-0.2, 0) is 10.0 Å². The summed E-state index contributed by atoms with van der Waals surface area (Å²) in [5.41, 5.74) is -0.369. The van der Waals surface area contributed by atoms with Gasteiger partial charge >= 0.3 is 0 Å². The highest BCUT2D eigenvalue weighted by Gasteiger charge is 2.14. The summed E-state index contributed by atoms with van der Waals surface area (Å²) in [6.07, 6.45) is 3.76. The third-order valence-corrected chi connectivity index (χ3v) is 3.24. The highest BCUT2D eigenvalue weighted by molar-refractivity contribution is 7.92. The van der Waals surface area contributed by atoms with Crippen molar-refractivity contribution in [2.24, 2.45) is 0 Å². The van der Waals surface area contributed by atoms with Crippen LogP contribution in [-0.4, -0.2) is 23.4 Å². The Morgan fingerprint density at radius 1 is 1.24 bits per heavy atom. The number of hydrogen-bond donors (Lipinski definition) is 2. The van der Waals surface area contributed by atoms with Gasteiger partial charge in [-0.05, 0) is 12.1 Å². The van der Waals surface area contributed by atoms with Gasteiger partial charge in [0, 0.05) is 18.5 Å². The van der Waals surface area contributed by atoms with E-state index in [2.05, 4.69) is 19.7 Å². The number of nitrogens with zero attached hydrogens (tertiary/aromatic N) is 2. The van der Waals surface area contributed by atoms with Gasteiger partial charge in [-0.25, -0.2) is 18.4 Å². The van der Waals surface area contributed by atoms with Gasteiger partial charge in [0.15, 0.2) is 0 Å². The average Bonchev–Trinajstić information content (AvgIpc) is 2.30. The summed E-state index contributed by atoms with van der Waals surface area (Å²) in [6, 6.07) is 3.76. The molecule has 0 spiro atoms. The number of rotatable bonds is 3. The summed E-state index contributed by atoms with van der Waals surface area (Å²) in [7, 11) is -3.74. The van der Waals surface area contributed by atoms with Gasteiger partial charge in [-0.15, -0.1) is 0 Å². The van der Waals surface area contributed by atoms with Gasteiger partial charge in [0.1, 0.15) is 17.0 Å². The smallest absolute Gasteiger partial charge is 0.264 e. The van der Waals surface area contributed by atoms with Crippen LogP contribution in [0, 0.1) is 0 Å². The molecule has 0 unspecified atom stereocenters. The zero-order valence-electron chi connectivity index (χ0n) is 8.49. The van der Waals surface area contributed by atoms with Gasteiger partial charge in [-0.3, -0.25) is 9.52 Å². The number of hydrogen-bond acceptors (Lipinski definition) is 5. The van der Waals surface area contributed by atoms with Crippen molar-refractivity contribution in [3.05, 3.63) is 47.3 Å². The topological polar surface area (TPSA) is 105 Å². The van der Waals surface area contributed by atoms with E-state index in [0.717, 1.165) is 12.3 Å². The molecule has 0 saturated heterocycles. The van der Waals surface area contributed by atoms with Crippen LogP contribution in [0.4, 0.5) is 5.82 Å². The Morgan fingerprint density at radius 2 is 2.06 bits per heavy atom. The number of pyridine rings is 1. The second kappa shape index (κ2) is 4.34. The first-order valence-corrected chi connectivity index (χ1v) is 6.04. The van der Waals surface area contributed by atoms with E-state index in [1.54, 1.807) is 0 Å². The largest absolute Gasteiger partial charge is 0.328 e. The van der Waals surface area contributed by atoms with Crippen molar-refractivity contribution in [2.45, 2.75) is 4.90 Å². The minimum atomic E-state index is -3.74. The zero-order valence-corrected chi connectivity index (χ0v) is 9.31. The molecule has 2 N–H and O–H groups in total. The fourth-order valence-corrected chi connectivity index (χ4v) is 2.09. The number of H-pyrrole nitrogens is 1. The predicted molar refractivity (Wildman–Crippen MR) is 59.9 cm³/mol. The lowest BCUT2D eigenvalue weighted by Crippen LogP contribution is -2.15. The SMILES string of the molecule is O=c1ccc(S(=O)(=O)Nc2ccncn2)c[nH]1. The van der Waals surface area contributed by atoms with Crippen LogP contribution < -0.4 is 10.3 Å². The molecule has 0 fully saturated rings. The molecule has 2 aromatic rings. The fourth-order valence-electron chi connectivity index (χ4n) is 1.11. The summed E-state index contributed by atoms with van der Waals surface area (Å²) in [4.78, 5) is 20.5. The number of nitrogens with one attached hydrogen (secondary N) is 2. The molecular weight excluding hydrogens is 244 g/mol. The van der Waals surface area contributed by atoms with Crippen LogP contribution in [0.15, 0.2) is 46.6 Å². The molecule has 2 rings (SSSR count). The van der Waals surface area contributed by atoms with Gasteiger partial charge in [-0.2, -0.15) is 0 Å². The normalized spacial score (nSPS) is 11.1. The second-order valence-electron chi connectivity index (χ2n) is 3.09. The lowest BCUT2D eigenvalue weighted by molar-refractivity contribution is 0.600. The van der Waals surface area contributed by atoms with Crippen LogP contribution in [0.3, 0.4) is 0 Å². The number of anilines is 1.